The fourth-order valence-corrected chi connectivity index (χ4v) is 11.1. The average Bonchev–Trinajstić information content (AvgIpc) is 3.36. The molecule has 0 radical (unpaired) electrons. The Morgan fingerprint density at radius 3 is 2.13 bits per heavy atom. The minimum Gasteiger partial charge on any atom is -0.458 e. The molecule has 0 aliphatic heterocycles. The van der Waals surface area contributed by atoms with Crippen LogP contribution in [-0.2, 0) is 28.6 Å². The van der Waals surface area contributed by atoms with Crippen LogP contribution in [0.2, 0.25) is 0 Å². The van der Waals surface area contributed by atoms with Crippen LogP contribution in [0.3, 0.4) is 0 Å². The highest BCUT2D eigenvalue weighted by atomic mass is 16.6. The lowest BCUT2D eigenvalue weighted by Gasteiger charge is -2.61. The number of ketones is 1. The van der Waals surface area contributed by atoms with Gasteiger partial charge >= 0.3 is 11.9 Å². The molecule has 5 saturated carbocycles. The van der Waals surface area contributed by atoms with Crippen molar-refractivity contribution in [1.29, 1.82) is 0 Å². The van der Waals surface area contributed by atoms with Gasteiger partial charge in [0, 0.05) is 38.2 Å². The van der Waals surface area contributed by atoms with Gasteiger partial charge in [-0.3, -0.25) is 14.4 Å². The summed E-state index contributed by atoms with van der Waals surface area (Å²) in [6, 6.07) is 0. The second kappa shape index (κ2) is 9.59. The van der Waals surface area contributed by atoms with E-state index in [1.807, 2.05) is 7.11 Å². The second-order valence-corrected chi connectivity index (χ2v) is 14.5. The molecule has 6 nitrogen and oxygen atoms in total. The first-order valence-electron chi connectivity index (χ1n) is 15.2. The second-order valence-electron chi connectivity index (χ2n) is 14.5. The Morgan fingerprint density at radius 2 is 1.55 bits per heavy atom. The molecule has 214 valence electrons. The maximum Gasteiger partial charge on any atom is 0.303 e. The molecule has 6 heteroatoms. The molecule has 0 amide bonds. The molecule has 0 aromatic heterocycles. The van der Waals surface area contributed by atoms with E-state index in [1.54, 1.807) is 13.8 Å². The lowest BCUT2D eigenvalue weighted by Crippen LogP contribution is -2.57. The molecule has 38 heavy (non-hydrogen) atoms. The van der Waals surface area contributed by atoms with Crippen LogP contribution in [0.1, 0.15) is 99.8 Å². The number of rotatable bonds is 8. The van der Waals surface area contributed by atoms with Crippen LogP contribution >= 0.6 is 0 Å². The monoisotopic (exact) mass is 530 g/mol. The van der Waals surface area contributed by atoms with Crippen molar-refractivity contribution < 1.29 is 28.6 Å². The Kier molecular flexibility index (Phi) is 7.10. The smallest absolute Gasteiger partial charge is 0.303 e. The normalized spacial score (nSPS) is 45.2. The molecule has 5 fully saturated rings. The quantitative estimate of drug-likeness (QED) is 0.359. The van der Waals surface area contributed by atoms with Crippen molar-refractivity contribution in [1.82, 2.24) is 0 Å². The minimum absolute atomic E-state index is 0.0967. The zero-order chi connectivity index (χ0) is 27.8. The maximum absolute atomic E-state index is 13.2. The van der Waals surface area contributed by atoms with E-state index in [1.165, 1.54) is 58.8 Å². The van der Waals surface area contributed by atoms with Crippen LogP contribution < -0.4 is 0 Å². The summed E-state index contributed by atoms with van der Waals surface area (Å²) < 4.78 is 17.7. The SMILES string of the molecule is CO[C@@H]1C[C@H]2[C@@H]3CC[C@H]([C@H](C)[C@H](OC(C)=O)[C@@H](OC(C)=O)C(=O)C(C)C)[C@@]3(C)CC[C@@H]2[C@@]2(C)CC[C@@H]3C[C@]312. The fraction of sp³-hybridized carbons (Fsp3) is 0.906. The number of carbonyl (C=O) groups excluding carboxylic acids is 3. The molecule has 1 spiro atoms. The van der Waals surface area contributed by atoms with Gasteiger partial charge in [-0.05, 0) is 91.8 Å². The number of hydrogen-bond acceptors (Lipinski definition) is 6. The molecule has 0 aromatic carbocycles. The summed E-state index contributed by atoms with van der Waals surface area (Å²) in [5.41, 5.74) is 0.898. The Bertz CT molecular complexity index is 975. The third-order valence-corrected chi connectivity index (χ3v) is 12.8. The van der Waals surface area contributed by atoms with Gasteiger partial charge in [0.1, 0.15) is 6.10 Å². The first-order chi connectivity index (χ1) is 17.8. The molecule has 5 aliphatic rings. The largest absolute Gasteiger partial charge is 0.458 e. The summed E-state index contributed by atoms with van der Waals surface area (Å²) >= 11 is 0. The molecule has 0 aromatic rings. The summed E-state index contributed by atoms with van der Waals surface area (Å²) in [6.07, 6.45) is 8.40. The number of ether oxygens (including phenoxy) is 3. The third kappa shape index (κ3) is 3.93. The molecule has 0 saturated heterocycles. The summed E-state index contributed by atoms with van der Waals surface area (Å²) in [4.78, 5) is 37.5. The van der Waals surface area contributed by atoms with Crippen molar-refractivity contribution in [3.05, 3.63) is 0 Å². The number of fused-ring (bicyclic) bond motifs is 4. The molecule has 5 aliphatic carbocycles. The molecular weight excluding hydrogens is 480 g/mol. The van der Waals surface area contributed by atoms with Crippen LogP contribution in [0.15, 0.2) is 0 Å². The number of hydrogen-bond donors (Lipinski definition) is 0. The van der Waals surface area contributed by atoms with Crippen LogP contribution in [-0.4, -0.2) is 43.1 Å². The number of esters is 2. The summed E-state index contributed by atoms with van der Waals surface area (Å²) in [5, 5.41) is 0. The third-order valence-electron chi connectivity index (χ3n) is 12.8. The first kappa shape index (κ1) is 28.1. The van der Waals surface area contributed by atoms with Crippen molar-refractivity contribution in [2.24, 2.45) is 57.7 Å². The van der Waals surface area contributed by atoms with Gasteiger partial charge in [0.2, 0.25) is 0 Å². The van der Waals surface area contributed by atoms with Gasteiger partial charge in [-0.15, -0.1) is 0 Å². The average molecular weight is 531 g/mol. The van der Waals surface area contributed by atoms with Gasteiger partial charge in [-0.1, -0.05) is 34.6 Å². The molecule has 12 atom stereocenters. The van der Waals surface area contributed by atoms with E-state index in [9.17, 15) is 14.4 Å². The van der Waals surface area contributed by atoms with E-state index in [0.29, 0.717) is 28.8 Å². The lowest BCUT2D eigenvalue weighted by atomic mass is 9.45. The van der Waals surface area contributed by atoms with Gasteiger partial charge in [-0.2, -0.15) is 0 Å². The summed E-state index contributed by atoms with van der Waals surface area (Å²) in [6.45, 7) is 13.5. The van der Waals surface area contributed by atoms with Crippen LogP contribution in [0.4, 0.5) is 0 Å². The van der Waals surface area contributed by atoms with Gasteiger partial charge in [0.15, 0.2) is 11.9 Å². The highest BCUT2D eigenvalue weighted by molar-refractivity contribution is 5.87. The van der Waals surface area contributed by atoms with Crippen molar-refractivity contribution in [3.63, 3.8) is 0 Å². The molecule has 0 N–H and O–H groups in total. The van der Waals surface area contributed by atoms with E-state index in [-0.39, 0.29) is 29.0 Å². The number of carbonyl (C=O) groups is 3. The Balaban J connectivity index is 1.43. The van der Waals surface area contributed by atoms with Crippen LogP contribution in [0, 0.1) is 57.7 Å². The topological polar surface area (TPSA) is 78.9 Å². The predicted octanol–water partition coefficient (Wildman–Crippen LogP) is 5.99. The molecular formula is C32H50O6. The summed E-state index contributed by atoms with van der Waals surface area (Å²) in [5.74, 6) is 1.60. The highest BCUT2D eigenvalue weighted by Crippen LogP contribution is 2.82. The fourth-order valence-electron chi connectivity index (χ4n) is 11.1. The van der Waals surface area contributed by atoms with Crippen molar-refractivity contribution in [2.45, 2.75) is 118 Å². The first-order valence-corrected chi connectivity index (χ1v) is 15.2. The highest BCUT2D eigenvalue weighted by Gasteiger charge is 2.77. The van der Waals surface area contributed by atoms with Crippen LogP contribution in [0.5, 0.6) is 0 Å². The summed E-state index contributed by atoms with van der Waals surface area (Å²) in [7, 11) is 1.93. The zero-order valence-corrected chi connectivity index (χ0v) is 24.9. The molecule has 0 bridgehead atoms. The van der Waals surface area contributed by atoms with E-state index in [0.717, 1.165) is 18.3 Å². The molecule has 5 rings (SSSR count). The van der Waals surface area contributed by atoms with Crippen molar-refractivity contribution in [3.8, 4) is 0 Å². The number of methoxy groups -OCH3 is 1. The minimum atomic E-state index is -1.07. The Hall–Kier alpha value is -1.43. The van der Waals surface area contributed by atoms with E-state index in [2.05, 4.69) is 20.8 Å². The van der Waals surface area contributed by atoms with Crippen LogP contribution in [0.25, 0.3) is 0 Å². The van der Waals surface area contributed by atoms with Gasteiger partial charge in [0.25, 0.3) is 0 Å². The van der Waals surface area contributed by atoms with Crippen molar-refractivity contribution in [2.75, 3.05) is 7.11 Å². The lowest BCUT2D eigenvalue weighted by molar-refractivity contribution is -0.181. The predicted molar refractivity (Wildman–Crippen MR) is 144 cm³/mol. The zero-order valence-electron chi connectivity index (χ0n) is 24.9. The van der Waals surface area contributed by atoms with Crippen molar-refractivity contribution >= 4 is 17.7 Å². The van der Waals surface area contributed by atoms with Gasteiger partial charge < -0.3 is 14.2 Å². The standard InChI is InChI=1S/C32H50O6/c1-17(2)27(35)29(38-20(5)34)28(37-19(4)33)18(3)23-9-10-24-22-15-26(36-8)32-16-21(32)11-14-31(32,7)25(22)12-13-30(23,24)6/h17-18,21-26,28-29H,9-16H2,1-8H3/t18-,21+,22-,23+,24-,25-,26+,28-,29-,30+,31+,32-/m0/s1. The van der Waals surface area contributed by atoms with Gasteiger partial charge in [0.05, 0.1) is 6.10 Å². The van der Waals surface area contributed by atoms with E-state index < -0.39 is 24.1 Å². The molecule has 0 heterocycles. The molecule has 0 unspecified atom stereocenters. The number of Topliss-reactive ketones (excluding diaryl/α,β-unsaturated/α-hetero) is 1. The van der Waals surface area contributed by atoms with E-state index >= 15 is 0 Å². The maximum atomic E-state index is 13.2. The van der Waals surface area contributed by atoms with E-state index in [4.69, 9.17) is 14.2 Å². The van der Waals surface area contributed by atoms with Gasteiger partial charge in [-0.25, -0.2) is 0 Å². The Morgan fingerprint density at radius 1 is 0.868 bits per heavy atom. The Labute approximate surface area is 229 Å².